The number of aliphatic carboxylic acids is 1. The van der Waals surface area contributed by atoms with Gasteiger partial charge in [-0.05, 0) is 55.4 Å². The molecule has 0 atom stereocenters. The summed E-state index contributed by atoms with van der Waals surface area (Å²) in [5, 5.41) is 9.09. The highest BCUT2D eigenvalue weighted by Gasteiger charge is 2.38. The number of carbonyl (C=O) groups is 2. The predicted molar refractivity (Wildman–Crippen MR) is 78.0 cm³/mol. The molecule has 0 radical (unpaired) electrons. The molecule has 0 spiro atoms. The van der Waals surface area contributed by atoms with E-state index in [2.05, 4.69) is 0 Å². The van der Waals surface area contributed by atoms with E-state index in [0.29, 0.717) is 16.7 Å². The Balaban J connectivity index is 2.21. The zero-order valence-corrected chi connectivity index (χ0v) is 12.5. The molecule has 0 bridgehead atoms. The fraction of sp³-hybridized carbons (Fsp3) is 0.529. The molecule has 114 valence electrons. The molecule has 0 aromatic heterocycles. The van der Waals surface area contributed by atoms with Crippen molar-refractivity contribution in [2.45, 2.75) is 52.4 Å². The van der Waals surface area contributed by atoms with Crippen LogP contribution in [0.1, 0.15) is 60.0 Å². The third-order valence-electron chi connectivity index (χ3n) is 4.48. The number of carbonyl (C=O) groups excluding carboxylic acids is 1. The molecular formula is C17H21FO3. The maximum atomic E-state index is 13.6. The number of aryl methyl sites for hydroxylation is 2. The largest absolute Gasteiger partial charge is 0.481 e. The molecule has 1 fully saturated rings. The van der Waals surface area contributed by atoms with Gasteiger partial charge in [0.05, 0.1) is 6.42 Å². The molecule has 4 heteroatoms. The van der Waals surface area contributed by atoms with Gasteiger partial charge in [-0.25, -0.2) is 4.39 Å². The van der Waals surface area contributed by atoms with Gasteiger partial charge in [0.2, 0.25) is 0 Å². The SMILES string of the molecule is Cc1cc(C(=O)CC2(CC(=O)O)CCCC2)cc(C)c1F. The first-order valence-electron chi connectivity index (χ1n) is 7.35. The molecule has 3 nitrogen and oxygen atoms in total. The number of hydrogen-bond acceptors (Lipinski definition) is 2. The Bertz CT molecular complexity index is 548. The lowest BCUT2D eigenvalue weighted by Gasteiger charge is -2.26. The predicted octanol–water partition coefficient (Wildman–Crippen LogP) is 4.05. The van der Waals surface area contributed by atoms with Crippen molar-refractivity contribution in [2.24, 2.45) is 5.41 Å². The van der Waals surface area contributed by atoms with Crippen LogP contribution in [0.3, 0.4) is 0 Å². The summed E-state index contributed by atoms with van der Waals surface area (Å²) in [5.41, 5.74) is 0.983. The fourth-order valence-electron chi connectivity index (χ4n) is 3.41. The molecule has 0 aliphatic heterocycles. The number of hydrogen-bond donors (Lipinski definition) is 1. The van der Waals surface area contributed by atoms with Crippen LogP contribution in [0.5, 0.6) is 0 Å². The normalized spacial score (nSPS) is 16.9. The van der Waals surface area contributed by atoms with E-state index in [4.69, 9.17) is 5.11 Å². The second-order valence-corrected chi connectivity index (χ2v) is 6.30. The number of carboxylic acid groups (broad SMARTS) is 1. The van der Waals surface area contributed by atoms with Gasteiger partial charge in [0.25, 0.3) is 0 Å². The molecule has 1 aromatic carbocycles. The summed E-state index contributed by atoms with van der Waals surface area (Å²) < 4.78 is 13.6. The van der Waals surface area contributed by atoms with Gasteiger partial charge in [0.15, 0.2) is 5.78 Å². The van der Waals surface area contributed by atoms with Crippen molar-refractivity contribution in [3.8, 4) is 0 Å². The summed E-state index contributed by atoms with van der Waals surface area (Å²) in [6, 6.07) is 3.13. The molecule has 1 saturated carbocycles. The molecule has 0 amide bonds. The Kier molecular flexibility index (Phi) is 4.45. The molecule has 1 aromatic rings. The van der Waals surface area contributed by atoms with Gasteiger partial charge in [-0.15, -0.1) is 0 Å². The van der Waals surface area contributed by atoms with E-state index in [1.54, 1.807) is 26.0 Å². The van der Waals surface area contributed by atoms with Crippen LogP contribution in [-0.4, -0.2) is 16.9 Å². The van der Waals surface area contributed by atoms with Crippen LogP contribution in [-0.2, 0) is 4.79 Å². The topological polar surface area (TPSA) is 54.4 Å². The second kappa shape index (κ2) is 5.96. The highest BCUT2D eigenvalue weighted by molar-refractivity contribution is 5.97. The van der Waals surface area contributed by atoms with Crippen LogP contribution in [0.15, 0.2) is 12.1 Å². The number of rotatable bonds is 5. The average molecular weight is 292 g/mol. The number of benzene rings is 1. The van der Waals surface area contributed by atoms with Gasteiger partial charge in [-0.1, -0.05) is 12.8 Å². The van der Waals surface area contributed by atoms with Gasteiger partial charge >= 0.3 is 5.97 Å². The molecule has 0 unspecified atom stereocenters. The minimum absolute atomic E-state index is 0.0396. The van der Waals surface area contributed by atoms with Gasteiger partial charge in [0, 0.05) is 12.0 Å². The smallest absolute Gasteiger partial charge is 0.303 e. The maximum Gasteiger partial charge on any atom is 0.303 e. The molecule has 21 heavy (non-hydrogen) atoms. The van der Waals surface area contributed by atoms with Crippen molar-refractivity contribution in [1.29, 1.82) is 0 Å². The molecule has 2 rings (SSSR count). The first kappa shape index (κ1) is 15.7. The highest BCUT2D eigenvalue weighted by Crippen LogP contribution is 2.44. The van der Waals surface area contributed by atoms with Crippen LogP contribution in [0.25, 0.3) is 0 Å². The van der Waals surface area contributed by atoms with Crippen molar-refractivity contribution < 1.29 is 19.1 Å². The Morgan fingerprint density at radius 1 is 1.14 bits per heavy atom. The van der Waals surface area contributed by atoms with Crippen LogP contribution in [0.2, 0.25) is 0 Å². The minimum Gasteiger partial charge on any atom is -0.481 e. The maximum absolute atomic E-state index is 13.6. The van der Waals surface area contributed by atoms with Gasteiger partial charge < -0.3 is 5.11 Å². The Hall–Kier alpha value is -1.71. The molecular weight excluding hydrogens is 271 g/mol. The Labute approximate surface area is 124 Å². The van der Waals surface area contributed by atoms with Gasteiger partial charge in [-0.2, -0.15) is 0 Å². The Morgan fingerprint density at radius 2 is 1.67 bits per heavy atom. The molecule has 0 heterocycles. The quantitative estimate of drug-likeness (QED) is 0.833. The lowest BCUT2D eigenvalue weighted by atomic mass is 9.77. The van der Waals surface area contributed by atoms with E-state index < -0.39 is 11.4 Å². The molecule has 1 aliphatic carbocycles. The first-order chi connectivity index (χ1) is 9.83. The molecule has 1 N–H and O–H groups in total. The molecule has 1 aliphatic rings. The number of Topliss-reactive ketones (excluding diaryl/α,β-unsaturated/α-hetero) is 1. The summed E-state index contributed by atoms with van der Waals surface area (Å²) in [6.07, 6.45) is 3.79. The van der Waals surface area contributed by atoms with Crippen LogP contribution >= 0.6 is 0 Å². The van der Waals surface area contributed by atoms with Crippen molar-refractivity contribution in [2.75, 3.05) is 0 Å². The Morgan fingerprint density at radius 3 is 2.14 bits per heavy atom. The van der Waals surface area contributed by atoms with Crippen molar-refractivity contribution in [3.63, 3.8) is 0 Å². The standard InChI is InChI=1S/C17H21FO3/c1-11-7-13(8-12(2)16(11)18)14(19)9-17(10-15(20)21)5-3-4-6-17/h7-8H,3-6,9-10H2,1-2H3,(H,20,21). The first-order valence-corrected chi connectivity index (χ1v) is 7.35. The van der Waals surface area contributed by atoms with Crippen LogP contribution in [0.4, 0.5) is 4.39 Å². The van der Waals surface area contributed by atoms with Gasteiger partial charge in [-0.3, -0.25) is 9.59 Å². The van der Waals surface area contributed by atoms with E-state index >= 15 is 0 Å². The summed E-state index contributed by atoms with van der Waals surface area (Å²) in [7, 11) is 0. The van der Waals surface area contributed by atoms with E-state index in [1.165, 1.54) is 0 Å². The van der Waals surface area contributed by atoms with E-state index in [9.17, 15) is 14.0 Å². The zero-order chi connectivity index (χ0) is 15.6. The summed E-state index contributed by atoms with van der Waals surface area (Å²) in [4.78, 5) is 23.6. The van der Waals surface area contributed by atoms with Crippen LogP contribution in [0, 0.1) is 25.1 Å². The van der Waals surface area contributed by atoms with E-state index in [1.807, 2.05) is 0 Å². The third kappa shape index (κ3) is 3.49. The van der Waals surface area contributed by atoms with Gasteiger partial charge in [0.1, 0.15) is 5.82 Å². The summed E-state index contributed by atoms with van der Waals surface area (Å²) in [6.45, 7) is 3.28. The lowest BCUT2D eigenvalue weighted by molar-refractivity contribution is -0.139. The average Bonchev–Trinajstić information content (AvgIpc) is 2.82. The number of carboxylic acids is 1. The van der Waals surface area contributed by atoms with E-state index in [0.717, 1.165) is 25.7 Å². The fourth-order valence-corrected chi connectivity index (χ4v) is 3.41. The zero-order valence-electron chi connectivity index (χ0n) is 12.5. The summed E-state index contributed by atoms with van der Waals surface area (Å²) >= 11 is 0. The lowest BCUT2D eigenvalue weighted by Crippen LogP contribution is -2.25. The summed E-state index contributed by atoms with van der Waals surface area (Å²) in [5.74, 6) is -1.21. The monoisotopic (exact) mass is 292 g/mol. The van der Waals surface area contributed by atoms with Crippen molar-refractivity contribution in [1.82, 2.24) is 0 Å². The number of halogens is 1. The minimum atomic E-state index is -0.851. The third-order valence-corrected chi connectivity index (χ3v) is 4.48. The highest BCUT2D eigenvalue weighted by atomic mass is 19.1. The van der Waals surface area contributed by atoms with Crippen molar-refractivity contribution in [3.05, 3.63) is 34.6 Å². The van der Waals surface area contributed by atoms with Crippen LogP contribution < -0.4 is 0 Å². The number of ketones is 1. The second-order valence-electron chi connectivity index (χ2n) is 6.30. The van der Waals surface area contributed by atoms with E-state index in [-0.39, 0.29) is 24.4 Å². The van der Waals surface area contributed by atoms with Crippen molar-refractivity contribution >= 4 is 11.8 Å². The molecule has 0 saturated heterocycles.